The van der Waals surface area contributed by atoms with Crippen molar-refractivity contribution >= 4 is 11.9 Å². The summed E-state index contributed by atoms with van der Waals surface area (Å²) in [5.41, 5.74) is 1.09. The molecule has 0 saturated carbocycles. The highest BCUT2D eigenvalue weighted by Gasteiger charge is 2.49. The maximum atomic E-state index is 13.0. The van der Waals surface area contributed by atoms with E-state index in [0.29, 0.717) is 19.3 Å². The van der Waals surface area contributed by atoms with E-state index in [0.717, 1.165) is 63.4 Å². The summed E-state index contributed by atoms with van der Waals surface area (Å²) in [6.45, 7) is 7.52. The largest absolute Gasteiger partial charge is 0.463 e. The monoisotopic (exact) mass is 614 g/mol. The first kappa shape index (κ1) is 37.7. The molecule has 1 aromatic carbocycles. The zero-order valence-electron chi connectivity index (χ0n) is 27.4. The van der Waals surface area contributed by atoms with E-state index in [1.165, 1.54) is 32.1 Å². The summed E-state index contributed by atoms with van der Waals surface area (Å²) < 4.78 is 30.0. The number of allylic oxidation sites excluding steroid dienone is 2. The molecule has 248 valence electrons. The van der Waals surface area contributed by atoms with E-state index in [9.17, 15) is 9.59 Å². The Morgan fingerprint density at radius 2 is 1.20 bits per heavy atom. The Hall–Kier alpha value is -2.48. The third-order valence-electron chi connectivity index (χ3n) is 8.31. The van der Waals surface area contributed by atoms with E-state index in [1.54, 1.807) is 14.2 Å². The second-order valence-corrected chi connectivity index (χ2v) is 11.8. The van der Waals surface area contributed by atoms with E-state index < -0.39 is 24.4 Å². The van der Waals surface area contributed by atoms with Crippen LogP contribution in [0.4, 0.5) is 0 Å². The van der Waals surface area contributed by atoms with Crippen molar-refractivity contribution in [2.24, 2.45) is 0 Å². The second-order valence-electron chi connectivity index (χ2n) is 11.8. The number of carbonyl (C=O) groups excluding carboxylic acids is 2. The minimum Gasteiger partial charge on any atom is -0.463 e. The average molecular weight is 615 g/mol. The van der Waals surface area contributed by atoms with Crippen LogP contribution in [0.1, 0.15) is 108 Å². The first-order chi connectivity index (χ1) is 21.5. The van der Waals surface area contributed by atoms with Crippen molar-refractivity contribution in [1.82, 2.24) is 0 Å². The summed E-state index contributed by atoms with van der Waals surface area (Å²) in [5.74, 6) is -0.561. The van der Waals surface area contributed by atoms with Gasteiger partial charge in [0.25, 0.3) is 0 Å². The molecule has 1 saturated heterocycles. The molecule has 44 heavy (non-hydrogen) atoms. The van der Waals surface area contributed by atoms with Gasteiger partial charge in [-0.15, -0.1) is 13.2 Å². The molecule has 0 bridgehead atoms. The van der Waals surface area contributed by atoms with Gasteiger partial charge in [0, 0.05) is 33.5 Å². The maximum absolute atomic E-state index is 13.0. The number of unbranched alkanes of at least 4 members (excludes halogenated alkanes) is 12. The molecule has 0 radical (unpaired) electrons. The number of methoxy groups -OCH3 is 2. The lowest BCUT2D eigenvalue weighted by molar-refractivity contribution is -0.251. The van der Waals surface area contributed by atoms with Crippen LogP contribution in [0.3, 0.4) is 0 Å². The summed E-state index contributed by atoms with van der Waals surface area (Å²) in [7, 11) is 3.21. The van der Waals surface area contributed by atoms with Crippen LogP contribution in [0.25, 0.3) is 0 Å². The smallest absolute Gasteiger partial charge is 0.306 e. The van der Waals surface area contributed by atoms with Crippen molar-refractivity contribution in [3.63, 3.8) is 0 Å². The van der Waals surface area contributed by atoms with Crippen LogP contribution in [0.5, 0.6) is 0 Å². The van der Waals surface area contributed by atoms with Crippen LogP contribution < -0.4 is 0 Å². The molecule has 7 heteroatoms. The Labute approximate surface area is 266 Å². The zero-order chi connectivity index (χ0) is 31.8. The highest BCUT2D eigenvalue weighted by Crippen LogP contribution is 2.30. The van der Waals surface area contributed by atoms with Crippen LogP contribution in [-0.4, -0.2) is 63.3 Å². The van der Waals surface area contributed by atoms with Crippen LogP contribution in [0, 0.1) is 0 Å². The fourth-order valence-electron chi connectivity index (χ4n) is 5.82. The Kier molecular flexibility index (Phi) is 20.4. The minimum atomic E-state index is -0.758. The third-order valence-corrected chi connectivity index (χ3v) is 8.31. The molecular weight excluding hydrogens is 556 g/mol. The first-order valence-corrected chi connectivity index (χ1v) is 16.9. The molecule has 0 amide bonds. The van der Waals surface area contributed by atoms with Crippen LogP contribution in [0.15, 0.2) is 55.6 Å². The van der Waals surface area contributed by atoms with Gasteiger partial charge < -0.3 is 23.7 Å². The highest BCUT2D eigenvalue weighted by atomic mass is 16.6. The lowest BCUT2D eigenvalue weighted by Crippen LogP contribution is -2.61. The van der Waals surface area contributed by atoms with Gasteiger partial charge in [0.1, 0.15) is 24.9 Å². The molecule has 1 aromatic rings. The van der Waals surface area contributed by atoms with Gasteiger partial charge in [-0.25, -0.2) is 0 Å². The van der Waals surface area contributed by atoms with Crippen LogP contribution in [0.2, 0.25) is 0 Å². The summed E-state index contributed by atoms with van der Waals surface area (Å²) in [6.07, 6.45) is 17.3. The van der Waals surface area contributed by atoms with E-state index >= 15 is 0 Å². The SMILES string of the molecule is C=CCCCCCCCCC(=O)OC[C@H]1O[C@@H](Cc2ccccc2)[C@H](OC)[C@@H](OC)[C@@H]1OC(=O)CCCCCCCCC=C. The van der Waals surface area contributed by atoms with E-state index in [1.807, 2.05) is 42.5 Å². The fourth-order valence-corrected chi connectivity index (χ4v) is 5.82. The summed E-state index contributed by atoms with van der Waals surface area (Å²) in [5, 5.41) is 0. The number of rotatable bonds is 25. The minimum absolute atomic E-state index is 0.00930. The van der Waals surface area contributed by atoms with E-state index in [4.69, 9.17) is 23.7 Å². The summed E-state index contributed by atoms with van der Waals surface area (Å²) >= 11 is 0. The quantitative estimate of drug-likeness (QED) is 0.0625. The topological polar surface area (TPSA) is 80.3 Å². The second kappa shape index (κ2) is 23.8. The van der Waals surface area contributed by atoms with Crippen LogP contribution in [-0.2, 0) is 39.7 Å². The molecule has 1 fully saturated rings. The molecule has 5 atom stereocenters. The predicted octanol–water partition coefficient (Wildman–Crippen LogP) is 8.10. The molecule has 7 nitrogen and oxygen atoms in total. The van der Waals surface area contributed by atoms with Crippen molar-refractivity contribution in [3.8, 4) is 0 Å². The number of esters is 2. The maximum Gasteiger partial charge on any atom is 0.306 e. The highest BCUT2D eigenvalue weighted by molar-refractivity contribution is 5.70. The van der Waals surface area contributed by atoms with Crippen LogP contribution >= 0.6 is 0 Å². The lowest BCUT2D eigenvalue weighted by atomic mass is 9.91. The fraction of sp³-hybridized carbons (Fsp3) is 0.676. The summed E-state index contributed by atoms with van der Waals surface area (Å²) in [6, 6.07) is 10.0. The predicted molar refractivity (Wildman–Crippen MR) is 176 cm³/mol. The lowest BCUT2D eigenvalue weighted by Gasteiger charge is -2.45. The number of benzene rings is 1. The molecule has 0 aliphatic carbocycles. The molecule has 1 aliphatic heterocycles. The molecule has 0 N–H and O–H groups in total. The van der Waals surface area contributed by atoms with Gasteiger partial charge in [0.05, 0.1) is 6.10 Å². The molecular formula is C37H58O7. The van der Waals surface area contributed by atoms with E-state index in [2.05, 4.69) is 13.2 Å². The standard InChI is InChI=1S/C37H58O7/c1-5-7-9-11-13-15-17-22-26-33(38)42-29-32-36(44-34(39)27-23-18-16-14-12-10-8-6-2)37(41-4)35(40-3)31(43-32)28-30-24-20-19-21-25-30/h5-6,19-21,24-25,31-32,35-37H,1-2,7-18,22-23,26-29H2,3-4H3/t31-,32+,35-,36+,37+/m0/s1. The van der Waals surface area contributed by atoms with Crippen molar-refractivity contribution in [1.29, 1.82) is 0 Å². The van der Waals surface area contributed by atoms with E-state index in [-0.39, 0.29) is 24.6 Å². The van der Waals surface area contributed by atoms with Crippen molar-refractivity contribution in [2.45, 2.75) is 140 Å². The zero-order valence-corrected chi connectivity index (χ0v) is 27.4. The number of ether oxygens (including phenoxy) is 5. The third kappa shape index (κ3) is 15.0. The van der Waals surface area contributed by atoms with Gasteiger partial charge in [0.15, 0.2) is 6.10 Å². The summed E-state index contributed by atoms with van der Waals surface area (Å²) in [4.78, 5) is 25.6. The Bertz CT molecular complexity index is 918. The molecule has 2 rings (SSSR count). The van der Waals surface area contributed by atoms with Gasteiger partial charge in [-0.3, -0.25) is 9.59 Å². The van der Waals surface area contributed by atoms with Gasteiger partial charge in [-0.05, 0) is 44.1 Å². The van der Waals surface area contributed by atoms with Gasteiger partial charge in [-0.1, -0.05) is 93.9 Å². The Balaban J connectivity index is 1.96. The molecule has 0 spiro atoms. The number of hydrogen-bond acceptors (Lipinski definition) is 7. The Morgan fingerprint density at radius 3 is 1.75 bits per heavy atom. The normalized spacial score (nSPS) is 21.5. The number of carbonyl (C=O) groups is 2. The molecule has 1 heterocycles. The Morgan fingerprint density at radius 1 is 0.682 bits per heavy atom. The average Bonchev–Trinajstić information content (AvgIpc) is 3.03. The van der Waals surface area contributed by atoms with Gasteiger partial charge in [0.2, 0.25) is 0 Å². The molecule has 1 aliphatic rings. The number of hydrogen-bond donors (Lipinski definition) is 0. The molecule has 0 unspecified atom stereocenters. The first-order valence-electron chi connectivity index (χ1n) is 16.9. The van der Waals surface area contributed by atoms with Crippen molar-refractivity contribution in [3.05, 3.63) is 61.2 Å². The van der Waals surface area contributed by atoms with Crippen molar-refractivity contribution in [2.75, 3.05) is 20.8 Å². The molecule has 0 aromatic heterocycles. The van der Waals surface area contributed by atoms with Gasteiger partial charge in [-0.2, -0.15) is 0 Å². The van der Waals surface area contributed by atoms with Gasteiger partial charge >= 0.3 is 11.9 Å². The van der Waals surface area contributed by atoms with Crippen molar-refractivity contribution < 1.29 is 33.3 Å².